The third-order valence-corrected chi connectivity index (χ3v) is 3.39. The maximum absolute atomic E-state index is 12.5. The summed E-state index contributed by atoms with van der Waals surface area (Å²) in [5, 5.41) is 18.1. The van der Waals surface area contributed by atoms with Crippen molar-refractivity contribution in [2.75, 3.05) is 20.7 Å². The Hall–Kier alpha value is -3.22. The van der Waals surface area contributed by atoms with Crippen molar-refractivity contribution in [1.29, 1.82) is 0 Å². The van der Waals surface area contributed by atoms with Crippen LogP contribution in [0.3, 0.4) is 0 Å². The van der Waals surface area contributed by atoms with Crippen LogP contribution in [0.15, 0.2) is 58.9 Å². The van der Waals surface area contributed by atoms with Gasteiger partial charge in [-0.1, -0.05) is 5.22 Å². The second-order valence-corrected chi connectivity index (χ2v) is 5.78. The second kappa shape index (κ2) is 9.31. The molecule has 7 heteroatoms. The van der Waals surface area contributed by atoms with E-state index in [2.05, 4.69) is 10.3 Å². The Morgan fingerprint density at radius 3 is 2.12 bits per heavy atom. The number of ether oxygens (including phenoxy) is 1. The fraction of sp³-hybridized carbons (Fsp3) is 0.263. The van der Waals surface area contributed by atoms with E-state index in [4.69, 9.17) is 9.84 Å². The summed E-state index contributed by atoms with van der Waals surface area (Å²) in [7, 11) is 3.56. The topological polar surface area (TPSA) is 91.6 Å². The lowest BCUT2D eigenvalue weighted by Crippen LogP contribution is -2.03. The van der Waals surface area contributed by atoms with E-state index < -0.39 is 5.97 Å². The Bertz CT molecular complexity index is 768. The number of aliphatic carboxylic acids is 1. The van der Waals surface area contributed by atoms with Gasteiger partial charge in [0.15, 0.2) is 5.78 Å². The Morgan fingerprint density at radius 2 is 1.58 bits per heavy atom. The van der Waals surface area contributed by atoms with E-state index in [0.29, 0.717) is 35.6 Å². The lowest BCUT2D eigenvalue weighted by molar-refractivity contribution is -0.137. The van der Waals surface area contributed by atoms with Gasteiger partial charge in [0, 0.05) is 31.6 Å². The van der Waals surface area contributed by atoms with Crippen LogP contribution < -0.4 is 4.74 Å². The zero-order valence-corrected chi connectivity index (χ0v) is 14.8. The van der Waals surface area contributed by atoms with Crippen LogP contribution in [0.1, 0.15) is 28.8 Å². The van der Waals surface area contributed by atoms with Gasteiger partial charge in [-0.05, 0) is 55.0 Å². The number of carbonyl (C=O) groups excluding carboxylic acids is 1. The van der Waals surface area contributed by atoms with Gasteiger partial charge in [-0.15, -0.1) is 5.11 Å². The lowest BCUT2D eigenvalue weighted by Gasteiger charge is -2.06. The first-order valence-corrected chi connectivity index (χ1v) is 8.14. The van der Waals surface area contributed by atoms with Crippen molar-refractivity contribution in [2.24, 2.45) is 10.3 Å². The van der Waals surface area contributed by atoms with Crippen LogP contribution in [0, 0.1) is 0 Å². The van der Waals surface area contributed by atoms with E-state index in [9.17, 15) is 9.59 Å². The predicted molar refractivity (Wildman–Crippen MR) is 96.9 cm³/mol. The minimum Gasteiger partial charge on any atom is -0.494 e. The van der Waals surface area contributed by atoms with Gasteiger partial charge in [0.1, 0.15) is 5.75 Å². The molecule has 0 unspecified atom stereocenters. The molecule has 0 saturated carbocycles. The van der Waals surface area contributed by atoms with Crippen molar-refractivity contribution in [3.8, 4) is 5.75 Å². The third kappa shape index (κ3) is 6.01. The standard InChI is InChI=1S/C19H21N3O4/c1-22(2)21-20-16-9-5-14(6-10-16)19(25)15-7-11-17(12-8-15)26-13-3-4-18(23)24/h5-12H,3-4,13H2,1-2H3,(H,23,24). The highest BCUT2D eigenvalue weighted by atomic mass is 16.5. The Labute approximate surface area is 151 Å². The maximum Gasteiger partial charge on any atom is 0.303 e. The molecule has 0 aliphatic heterocycles. The average molecular weight is 355 g/mol. The SMILES string of the molecule is CN(C)N=Nc1ccc(C(=O)c2ccc(OCCCC(=O)O)cc2)cc1. The molecule has 0 radical (unpaired) electrons. The largest absolute Gasteiger partial charge is 0.494 e. The van der Waals surface area contributed by atoms with Crippen LogP contribution in [0.25, 0.3) is 0 Å². The van der Waals surface area contributed by atoms with Gasteiger partial charge in [0.05, 0.1) is 12.3 Å². The fourth-order valence-electron chi connectivity index (χ4n) is 2.10. The molecule has 0 atom stereocenters. The highest BCUT2D eigenvalue weighted by molar-refractivity contribution is 6.09. The first kappa shape index (κ1) is 19.1. The molecule has 0 aromatic heterocycles. The molecule has 1 N–H and O–H groups in total. The number of carbonyl (C=O) groups is 2. The minimum atomic E-state index is -0.844. The van der Waals surface area contributed by atoms with E-state index in [1.54, 1.807) is 67.6 Å². The van der Waals surface area contributed by atoms with Crippen LogP contribution >= 0.6 is 0 Å². The van der Waals surface area contributed by atoms with Crippen molar-refractivity contribution in [3.63, 3.8) is 0 Å². The monoisotopic (exact) mass is 355 g/mol. The summed E-state index contributed by atoms with van der Waals surface area (Å²) in [5.41, 5.74) is 1.77. The molecule has 0 heterocycles. The zero-order chi connectivity index (χ0) is 18.9. The molecule has 136 valence electrons. The molecule has 7 nitrogen and oxygen atoms in total. The molecule has 2 rings (SSSR count). The second-order valence-electron chi connectivity index (χ2n) is 5.78. The highest BCUT2D eigenvalue weighted by Gasteiger charge is 2.09. The first-order valence-electron chi connectivity index (χ1n) is 8.14. The molecule has 0 bridgehead atoms. The van der Waals surface area contributed by atoms with Gasteiger partial charge in [-0.3, -0.25) is 14.6 Å². The molecule has 2 aromatic carbocycles. The Kier molecular flexibility index (Phi) is 6.84. The van der Waals surface area contributed by atoms with Crippen LogP contribution in [0.5, 0.6) is 5.75 Å². The van der Waals surface area contributed by atoms with Gasteiger partial charge >= 0.3 is 5.97 Å². The number of rotatable bonds is 9. The van der Waals surface area contributed by atoms with E-state index in [0.717, 1.165) is 0 Å². The summed E-state index contributed by atoms with van der Waals surface area (Å²) >= 11 is 0. The number of hydrogen-bond donors (Lipinski definition) is 1. The molecular weight excluding hydrogens is 334 g/mol. The van der Waals surface area contributed by atoms with Crippen molar-refractivity contribution >= 4 is 17.4 Å². The smallest absolute Gasteiger partial charge is 0.303 e. The molecule has 0 aliphatic rings. The van der Waals surface area contributed by atoms with Crippen LogP contribution in [0.2, 0.25) is 0 Å². The molecule has 0 spiro atoms. The first-order chi connectivity index (χ1) is 12.5. The molecular formula is C19H21N3O4. The summed E-state index contributed by atoms with van der Waals surface area (Å²) in [6, 6.07) is 13.7. The summed E-state index contributed by atoms with van der Waals surface area (Å²) in [5.74, 6) is -0.339. The van der Waals surface area contributed by atoms with E-state index in [-0.39, 0.29) is 12.2 Å². The zero-order valence-electron chi connectivity index (χ0n) is 14.8. The van der Waals surface area contributed by atoms with Crippen molar-refractivity contribution in [3.05, 3.63) is 59.7 Å². The maximum atomic E-state index is 12.5. The van der Waals surface area contributed by atoms with Crippen molar-refractivity contribution in [2.45, 2.75) is 12.8 Å². The number of hydrogen-bond acceptors (Lipinski definition) is 5. The molecule has 0 fully saturated rings. The van der Waals surface area contributed by atoms with Gasteiger partial charge in [0.2, 0.25) is 0 Å². The van der Waals surface area contributed by atoms with Crippen LogP contribution in [0.4, 0.5) is 5.69 Å². The number of carboxylic acids is 1. The minimum absolute atomic E-state index is 0.0701. The molecule has 0 amide bonds. The van der Waals surface area contributed by atoms with Crippen molar-refractivity contribution in [1.82, 2.24) is 5.01 Å². The summed E-state index contributed by atoms with van der Waals surface area (Å²) in [4.78, 5) is 22.9. The van der Waals surface area contributed by atoms with Crippen LogP contribution in [-0.4, -0.2) is 42.6 Å². The third-order valence-electron chi connectivity index (χ3n) is 3.39. The fourth-order valence-corrected chi connectivity index (χ4v) is 2.10. The van der Waals surface area contributed by atoms with Gasteiger partial charge in [0.25, 0.3) is 0 Å². The quantitative estimate of drug-likeness (QED) is 0.320. The number of benzene rings is 2. The molecule has 0 aliphatic carbocycles. The molecule has 26 heavy (non-hydrogen) atoms. The highest BCUT2D eigenvalue weighted by Crippen LogP contribution is 2.19. The van der Waals surface area contributed by atoms with E-state index in [1.807, 2.05) is 0 Å². The average Bonchev–Trinajstić information content (AvgIpc) is 2.64. The molecule has 2 aromatic rings. The van der Waals surface area contributed by atoms with Gasteiger partial charge < -0.3 is 9.84 Å². The van der Waals surface area contributed by atoms with Gasteiger partial charge in [-0.25, -0.2) is 0 Å². The Morgan fingerprint density at radius 1 is 1.00 bits per heavy atom. The predicted octanol–water partition coefficient (Wildman–Crippen LogP) is 3.72. The number of nitrogens with zero attached hydrogens (tertiary/aromatic N) is 3. The van der Waals surface area contributed by atoms with E-state index in [1.165, 1.54) is 0 Å². The summed E-state index contributed by atoms with van der Waals surface area (Å²) in [6.45, 7) is 0.322. The van der Waals surface area contributed by atoms with Gasteiger partial charge in [-0.2, -0.15) is 0 Å². The van der Waals surface area contributed by atoms with Crippen molar-refractivity contribution < 1.29 is 19.4 Å². The Balaban J connectivity index is 1.95. The molecule has 0 saturated heterocycles. The lowest BCUT2D eigenvalue weighted by atomic mass is 10.0. The normalized spacial score (nSPS) is 10.7. The van der Waals surface area contributed by atoms with E-state index >= 15 is 0 Å². The number of ketones is 1. The van der Waals surface area contributed by atoms with Crippen LogP contribution in [-0.2, 0) is 4.79 Å². The summed E-state index contributed by atoms with van der Waals surface area (Å²) in [6.07, 6.45) is 0.508. The summed E-state index contributed by atoms with van der Waals surface area (Å²) < 4.78 is 5.46. The number of carboxylic acid groups (broad SMARTS) is 1.